The molecule has 1 saturated heterocycles. The van der Waals surface area contributed by atoms with Crippen molar-refractivity contribution in [1.82, 2.24) is 19.5 Å². The second kappa shape index (κ2) is 8.60. The average molecular weight is 420 g/mol. The minimum atomic E-state index is 0.567. The molecule has 154 valence electrons. The highest BCUT2D eigenvalue weighted by Gasteiger charge is 2.27. The number of nitrogens with one attached hydrogen (secondary N) is 1. The number of aromatic nitrogens is 3. The molecule has 1 unspecified atom stereocenters. The summed E-state index contributed by atoms with van der Waals surface area (Å²) in [5.41, 5.74) is 2.93. The lowest BCUT2D eigenvalue weighted by Gasteiger charge is -2.37. The lowest BCUT2D eigenvalue weighted by atomic mass is 9.96. The maximum absolute atomic E-state index is 6.43. The maximum Gasteiger partial charge on any atom is 0.150 e. The van der Waals surface area contributed by atoms with Crippen molar-refractivity contribution < 1.29 is 0 Å². The Morgan fingerprint density at radius 3 is 2.80 bits per heavy atom. The van der Waals surface area contributed by atoms with Crippen LogP contribution in [0.15, 0.2) is 36.5 Å². The number of benzene rings is 1. The molecule has 5 nitrogen and oxygen atoms in total. The molecule has 3 aromatic rings. The van der Waals surface area contributed by atoms with Crippen LogP contribution >= 0.6 is 11.6 Å². The first-order chi connectivity index (χ1) is 14.7. The quantitative estimate of drug-likeness (QED) is 0.637. The number of fused-ring (bicyclic) bond motifs is 1. The van der Waals surface area contributed by atoms with Crippen LogP contribution in [0.2, 0.25) is 5.02 Å². The van der Waals surface area contributed by atoms with Crippen molar-refractivity contribution in [3.05, 3.63) is 41.6 Å². The minimum absolute atomic E-state index is 0.567. The number of nitrogens with zero attached hydrogens (tertiary/aromatic N) is 4. The van der Waals surface area contributed by atoms with Crippen molar-refractivity contribution >= 4 is 36.4 Å². The lowest BCUT2D eigenvalue weighted by Crippen LogP contribution is -2.43. The van der Waals surface area contributed by atoms with Gasteiger partial charge in [-0.1, -0.05) is 42.6 Å². The molecule has 0 spiro atoms. The summed E-state index contributed by atoms with van der Waals surface area (Å²) in [6, 6.07) is 10.6. The van der Waals surface area contributed by atoms with E-state index in [0.717, 1.165) is 29.7 Å². The zero-order chi connectivity index (χ0) is 20.5. The average Bonchev–Trinajstić information content (AvgIpc) is 3.43. The van der Waals surface area contributed by atoms with E-state index in [1.54, 1.807) is 10.7 Å². The number of anilines is 1. The summed E-state index contributed by atoms with van der Waals surface area (Å²) in [6.45, 7) is 3.36. The van der Waals surface area contributed by atoms with Gasteiger partial charge in [-0.25, -0.2) is 4.98 Å². The summed E-state index contributed by atoms with van der Waals surface area (Å²) in [5, 5.41) is 8.77. The second-order valence-corrected chi connectivity index (χ2v) is 9.07. The molecule has 0 amide bonds. The Morgan fingerprint density at radius 2 is 1.97 bits per heavy atom. The standard InChI is InChI=1S/C23H27BClN5/c24-19-14-27-30-22(12-21(28-23(19)30)18-9-3-4-10-20(18)25)26-13-16-6-5-11-29(15-16)17-7-1-2-8-17/h3-4,9-10,12,14,16-17,26H,1-2,5-8,11,13,15H2. The van der Waals surface area contributed by atoms with E-state index >= 15 is 0 Å². The molecule has 5 rings (SSSR count). The van der Waals surface area contributed by atoms with Crippen LogP contribution in [0.1, 0.15) is 38.5 Å². The zero-order valence-corrected chi connectivity index (χ0v) is 18.0. The Labute approximate surface area is 184 Å². The molecule has 2 radical (unpaired) electrons. The van der Waals surface area contributed by atoms with E-state index in [2.05, 4.69) is 15.3 Å². The lowest BCUT2D eigenvalue weighted by molar-refractivity contribution is 0.129. The van der Waals surface area contributed by atoms with E-state index in [0.29, 0.717) is 22.1 Å². The molecule has 1 aromatic carbocycles. The summed E-state index contributed by atoms with van der Waals surface area (Å²) >= 11 is 6.43. The number of hydrogen-bond acceptors (Lipinski definition) is 4. The van der Waals surface area contributed by atoms with E-state index in [1.165, 1.54) is 51.6 Å². The molecular weight excluding hydrogens is 393 g/mol. The Bertz CT molecular complexity index is 1030. The number of hydrogen-bond donors (Lipinski definition) is 1. The fourth-order valence-corrected chi connectivity index (χ4v) is 5.26. The van der Waals surface area contributed by atoms with Gasteiger partial charge in [-0.3, -0.25) is 0 Å². The van der Waals surface area contributed by atoms with Gasteiger partial charge in [0.2, 0.25) is 0 Å². The molecule has 30 heavy (non-hydrogen) atoms. The van der Waals surface area contributed by atoms with Crippen LogP contribution in [0.3, 0.4) is 0 Å². The van der Waals surface area contributed by atoms with Gasteiger partial charge in [0.15, 0.2) is 5.65 Å². The van der Waals surface area contributed by atoms with Crippen molar-refractivity contribution in [1.29, 1.82) is 0 Å². The van der Waals surface area contributed by atoms with Crippen LogP contribution < -0.4 is 10.8 Å². The molecule has 3 heterocycles. The first-order valence-electron chi connectivity index (χ1n) is 11.1. The van der Waals surface area contributed by atoms with Crippen LogP contribution in [0.25, 0.3) is 16.9 Å². The van der Waals surface area contributed by atoms with E-state index < -0.39 is 0 Å². The fourth-order valence-electron chi connectivity index (χ4n) is 5.03. The Morgan fingerprint density at radius 1 is 1.13 bits per heavy atom. The SMILES string of the molecule is [B]c1cnn2c(NCC3CCCN(C4CCCC4)C3)cc(-c3ccccc3Cl)nc12. The maximum atomic E-state index is 6.43. The van der Waals surface area contributed by atoms with Gasteiger partial charge < -0.3 is 10.2 Å². The summed E-state index contributed by atoms with van der Waals surface area (Å²) in [5.74, 6) is 1.55. The van der Waals surface area contributed by atoms with Crippen molar-refractivity contribution in [2.45, 2.75) is 44.6 Å². The van der Waals surface area contributed by atoms with Gasteiger partial charge >= 0.3 is 0 Å². The van der Waals surface area contributed by atoms with Gasteiger partial charge in [0.05, 0.1) is 5.69 Å². The fraction of sp³-hybridized carbons (Fsp3) is 0.478. The van der Waals surface area contributed by atoms with Gasteiger partial charge in [-0.05, 0) is 49.7 Å². The third-order valence-electron chi connectivity index (χ3n) is 6.61. The van der Waals surface area contributed by atoms with Crippen LogP contribution in [0.5, 0.6) is 0 Å². The van der Waals surface area contributed by atoms with Crippen molar-refractivity contribution in [2.75, 3.05) is 25.0 Å². The third-order valence-corrected chi connectivity index (χ3v) is 6.94. The molecule has 2 fully saturated rings. The molecule has 2 aromatic heterocycles. The van der Waals surface area contributed by atoms with E-state index in [4.69, 9.17) is 24.4 Å². The summed E-state index contributed by atoms with van der Waals surface area (Å²) in [4.78, 5) is 7.46. The molecule has 1 atom stereocenters. The van der Waals surface area contributed by atoms with Gasteiger partial charge in [0.1, 0.15) is 13.7 Å². The first-order valence-corrected chi connectivity index (χ1v) is 11.4. The minimum Gasteiger partial charge on any atom is -0.370 e. The normalized spacial score (nSPS) is 20.8. The number of likely N-dealkylation sites (tertiary alicyclic amines) is 1. The van der Waals surface area contributed by atoms with Crippen molar-refractivity contribution in [3.63, 3.8) is 0 Å². The topological polar surface area (TPSA) is 45.5 Å². The largest absolute Gasteiger partial charge is 0.370 e. The van der Waals surface area contributed by atoms with Gasteiger partial charge in [-0.2, -0.15) is 9.61 Å². The zero-order valence-electron chi connectivity index (χ0n) is 17.2. The van der Waals surface area contributed by atoms with Gasteiger partial charge in [-0.15, -0.1) is 0 Å². The Kier molecular flexibility index (Phi) is 5.70. The van der Waals surface area contributed by atoms with E-state index in [1.807, 2.05) is 30.3 Å². The Hall–Kier alpha value is -2.05. The number of rotatable bonds is 5. The third kappa shape index (κ3) is 3.95. The predicted molar refractivity (Wildman–Crippen MR) is 124 cm³/mol. The molecular formula is C23H27BClN5. The first kappa shape index (κ1) is 19.9. The van der Waals surface area contributed by atoms with Crippen LogP contribution in [-0.2, 0) is 0 Å². The van der Waals surface area contributed by atoms with Crippen molar-refractivity contribution in [3.8, 4) is 11.3 Å². The molecule has 1 aliphatic carbocycles. The molecule has 2 aliphatic rings. The van der Waals surface area contributed by atoms with Crippen LogP contribution in [0.4, 0.5) is 5.82 Å². The number of piperidine rings is 1. The Balaban J connectivity index is 1.38. The smallest absolute Gasteiger partial charge is 0.150 e. The highest BCUT2D eigenvalue weighted by Crippen LogP contribution is 2.30. The summed E-state index contributed by atoms with van der Waals surface area (Å²) < 4.78 is 1.80. The number of halogens is 1. The van der Waals surface area contributed by atoms with E-state index in [9.17, 15) is 0 Å². The summed E-state index contributed by atoms with van der Waals surface area (Å²) in [7, 11) is 6.14. The molecule has 0 bridgehead atoms. The highest BCUT2D eigenvalue weighted by molar-refractivity contribution is 6.36. The monoisotopic (exact) mass is 419 g/mol. The van der Waals surface area contributed by atoms with Gasteiger partial charge in [0, 0.05) is 42.0 Å². The molecule has 1 aliphatic heterocycles. The molecule has 1 N–H and O–H groups in total. The van der Waals surface area contributed by atoms with Crippen molar-refractivity contribution in [2.24, 2.45) is 5.92 Å². The molecule has 7 heteroatoms. The predicted octanol–water partition coefficient (Wildman–Crippen LogP) is 3.91. The van der Waals surface area contributed by atoms with Crippen LogP contribution in [-0.4, -0.2) is 53.0 Å². The summed E-state index contributed by atoms with van der Waals surface area (Å²) in [6.07, 6.45) is 9.75. The highest BCUT2D eigenvalue weighted by atomic mass is 35.5. The van der Waals surface area contributed by atoms with E-state index in [-0.39, 0.29) is 0 Å². The van der Waals surface area contributed by atoms with Gasteiger partial charge in [0.25, 0.3) is 0 Å². The van der Waals surface area contributed by atoms with Crippen LogP contribution in [0, 0.1) is 5.92 Å². The molecule has 1 saturated carbocycles. The second-order valence-electron chi connectivity index (χ2n) is 8.66.